The number of benzene rings is 3. The third-order valence-corrected chi connectivity index (χ3v) is 4.72. The van der Waals surface area contributed by atoms with Gasteiger partial charge in [-0.3, -0.25) is 9.59 Å². The molecule has 0 aliphatic heterocycles. The lowest BCUT2D eigenvalue weighted by atomic mass is 10.2. The molecule has 0 fully saturated rings. The van der Waals surface area contributed by atoms with Crippen molar-refractivity contribution >= 4 is 45.1 Å². The van der Waals surface area contributed by atoms with E-state index in [1.54, 1.807) is 48.5 Å². The monoisotopic (exact) mass is 396 g/mol. The van der Waals surface area contributed by atoms with Crippen LogP contribution in [0.5, 0.6) is 0 Å². The SMILES string of the molecule is O=C(Nc1ccccc1NC(=O)c1cc2ccccc2o1)c1cc2ccccc2o1. The number of para-hydroxylation sites is 4. The molecule has 0 bridgehead atoms. The first-order chi connectivity index (χ1) is 14.7. The number of furan rings is 2. The molecular weight excluding hydrogens is 380 g/mol. The summed E-state index contributed by atoms with van der Waals surface area (Å²) in [4.78, 5) is 25.3. The summed E-state index contributed by atoms with van der Waals surface area (Å²) in [6, 6.07) is 25.1. The summed E-state index contributed by atoms with van der Waals surface area (Å²) in [5.41, 5.74) is 2.17. The van der Waals surface area contributed by atoms with Gasteiger partial charge in [0.15, 0.2) is 11.5 Å². The second-order valence-electron chi connectivity index (χ2n) is 6.75. The van der Waals surface area contributed by atoms with Crippen LogP contribution in [-0.4, -0.2) is 11.8 Å². The van der Waals surface area contributed by atoms with Gasteiger partial charge >= 0.3 is 0 Å². The van der Waals surface area contributed by atoms with E-state index in [0.29, 0.717) is 22.5 Å². The standard InChI is InChI=1S/C24H16N2O4/c27-23(21-13-15-7-1-5-11-19(15)29-21)25-17-9-3-4-10-18(17)26-24(28)22-14-16-8-2-6-12-20(16)30-22/h1-14H,(H,25,27)(H,26,28). The Hall–Kier alpha value is -4.32. The molecule has 6 nitrogen and oxygen atoms in total. The highest BCUT2D eigenvalue weighted by Crippen LogP contribution is 2.26. The number of anilines is 2. The quantitative estimate of drug-likeness (QED) is 0.409. The van der Waals surface area contributed by atoms with E-state index in [9.17, 15) is 9.59 Å². The molecular formula is C24H16N2O4. The van der Waals surface area contributed by atoms with Gasteiger partial charge in [-0.1, -0.05) is 48.5 Å². The van der Waals surface area contributed by atoms with Crippen LogP contribution in [0.25, 0.3) is 21.9 Å². The van der Waals surface area contributed by atoms with Gasteiger partial charge in [0.25, 0.3) is 11.8 Å². The number of fused-ring (bicyclic) bond motifs is 2. The van der Waals surface area contributed by atoms with E-state index in [-0.39, 0.29) is 11.5 Å². The van der Waals surface area contributed by atoms with Crippen molar-refractivity contribution in [2.24, 2.45) is 0 Å². The van der Waals surface area contributed by atoms with Crippen molar-refractivity contribution in [1.82, 2.24) is 0 Å². The van der Waals surface area contributed by atoms with Gasteiger partial charge in [0.2, 0.25) is 0 Å². The second-order valence-corrected chi connectivity index (χ2v) is 6.75. The fourth-order valence-electron chi connectivity index (χ4n) is 3.26. The average Bonchev–Trinajstić information content (AvgIpc) is 3.39. The highest BCUT2D eigenvalue weighted by Gasteiger charge is 2.17. The normalized spacial score (nSPS) is 10.9. The third-order valence-electron chi connectivity index (χ3n) is 4.72. The largest absolute Gasteiger partial charge is 0.451 e. The van der Waals surface area contributed by atoms with Crippen molar-refractivity contribution in [3.63, 3.8) is 0 Å². The van der Waals surface area contributed by atoms with Gasteiger partial charge in [0.1, 0.15) is 11.2 Å². The first kappa shape index (κ1) is 17.8. The highest BCUT2D eigenvalue weighted by molar-refractivity contribution is 6.10. The van der Waals surface area contributed by atoms with Crippen LogP contribution in [0.4, 0.5) is 11.4 Å². The molecule has 0 aliphatic carbocycles. The molecule has 0 radical (unpaired) electrons. The van der Waals surface area contributed by atoms with Gasteiger partial charge in [-0.25, -0.2) is 0 Å². The first-order valence-corrected chi connectivity index (χ1v) is 9.36. The Morgan fingerprint density at radius 1 is 0.567 bits per heavy atom. The minimum atomic E-state index is -0.406. The Kier molecular flexibility index (Phi) is 4.29. The molecule has 2 heterocycles. The van der Waals surface area contributed by atoms with Crippen LogP contribution in [0, 0.1) is 0 Å². The molecule has 6 heteroatoms. The molecule has 30 heavy (non-hydrogen) atoms. The number of amides is 2. The van der Waals surface area contributed by atoms with E-state index in [0.717, 1.165) is 10.8 Å². The van der Waals surface area contributed by atoms with Gasteiger partial charge in [-0.2, -0.15) is 0 Å². The minimum absolute atomic E-state index is 0.189. The lowest BCUT2D eigenvalue weighted by molar-refractivity contribution is 0.0989. The zero-order valence-electron chi connectivity index (χ0n) is 15.7. The van der Waals surface area contributed by atoms with Gasteiger partial charge in [0.05, 0.1) is 11.4 Å². The predicted molar refractivity (Wildman–Crippen MR) is 115 cm³/mol. The fourth-order valence-corrected chi connectivity index (χ4v) is 3.26. The van der Waals surface area contributed by atoms with Crippen molar-refractivity contribution in [3.05, 3.63) is 96.4 Å². The van der Waals surface area contributed by atoms with Gasteiger partial charge < -0.3 is 19.5 Å². The van der Waals surface area contributed by atoms with Crippen LogP contribution in [0.15, 0.2) is 93.8 Å². The van der Waals surface area contributed by atoms with E-state index in [1.807, 2.05) is 36.4 Å². The van der Waals surface area contributed by atoms with Crippen LogP contribution in [-0.2, 0) is 0 Å². The average molecular weight is 396 g/mol. The maximum absolute atomic E-state index is 12.7. The van der Waals surface area contributed by atoms with Crippen molar-refractivity contribution in [2.75, 3.05) is 10.6 Å². The van der Waals surface area contributed by atoms with Gasteiger partial charge in [-0.05, 0) is 36.4 Å². The zero-order valence-corrected chi connectivity index (χ0v) is 15.7. The van der Waals surface area contributed by atoms with E-state index >= 15 is 0 Å². The summed E-state index contributed by atoms with van der Waals surface area (Å²) < 4.78 is 11.2. The summed E-state index contributed by atoms with van der Waals surface area (Å²) >= 11 is 0. The van der Waals surface area contributed by atoms with Crippen LogP contribution in [0.3, 0.4) is 0 Å². The van der Waals surface area contributed by atoms with Crippen LogP contribution in [0.2, 0.25) is 0 Å². The van der Waals surface area contributed by atoms with E-state index in [2.05, 4.69) is 10.6 Å². The Morgan fingerprint density at radius 2 is 0.967 bits per heavy atom. The molecule has 2 amide bonds. The molecule has 0 atom stereocenters. The van der Waals surface area contributed by atoms with Gasteiger partial charge in [0, 0.05) is 10.8 Å². The molecule has 0 spiro atoms. The topological polar surface area (TPSA) is 84.5 Å². The molecule has 0 saturated carbocycles. The zero-order chi connectivity index (χ0) is 20.5. The summed E-state index contributed by atoms with van der Waals surface area (Å²) in [5.74, 6) is -0.433. The Balaban J connectivity index is 1.38. The van der Waals surface area contributed by atoms with Crippen LogP contribution >= 0.6 is 0 Å². The molecule has 146 valence electrons. The number of hydrogen-bond acceptors (Lipinski definition) is 4. The maximum Gasteiger partial charge on any atom is 0.291 e. The van der Waals surface area contributed by atoms with Crippen LogP contribution in [0.1, 0.15) is 21.1 Å². The summed E-state index contributed by atoms with van der Waals surface area (Å²) in [5, 5.41) is 7.27. The lowest BCUT2D eigenvalue weighted by Crippen LogP contribution is -2.16. The van der Waals surface area contributed by atoms with Gasteiger partial charge in [-0.15, -0.1) is 0 Å². The number of hydrogen-bond donors (Lipinski definition) is 2. The van der Waals surface area contributed by atoms with E-state index in [4.69, 9.17) is 8.83 Å². The third kappa shape index (κ3) is 3.31. The van der Waals surface area contributed by atoms with Crippen LogP contribution < -0.4 is 10.6 Å². The van der Waals surface area contributed by atoms with Crippen molar-refractivity contribution in [3.8, 4) is 0 Å². The number of rotatable bonds is 4. The minimum Gasteiger partial charge on any atom is -0.451 e. The molecule has 0 unspecified atom stereocenters. The van der Waals surface area contributed by atoms with Crippen molar-refractivity contribution < 1.29 is 18.4 Å². The number of carbonyl (C=O) groups is 2. The predicted octanol–water partition coefficient (Wildman–Crippen LogP) is 5.68. The summed E-state index contributed by atoms with van der Waals surface area (Å²) in [6.07, 6.45) is 0. The molecule has 5 rings (SSSR count). The lowest BCUT2D eigenvalue weighted by Gasteiger charge is -2.10. The Labute approximate surface area is 171 Å². The first-order valence-electron chi connectivity index (χ1n) is 9.36. The molecule has 0 aliphatic rings. The summed E-state index contributed by atoms with van der Waals surface area (Å²) in [6.45, 7) is 0. The molecule has 5 aromatic rings. The fraction of sp³-hybridized carbons (Fsp3) is 0. The van der Waals surface area contributed by atoms with E-state index < -0.39 is 11.8 Å². The number of nitrogens with one attached hydrogen (secondary N) is 2. The molecule has 2 N–H and O–H groups in total. The Bertz CT molecular complexity index is 1220. The molecule has 0 saturated heterocycles. The summed E-state index contributed by atoms with van der Waals surface area (Å²) in [7, 11) is 0. The highest BCUT2D eigenvalue weighted by atomic mass is 16.4. The molecule has 3 aromatic carbocycles. The Morgan fingerprint density at radius 3 is 1.40 bits per heavy atom. The smallest absolute Gasteiger partial charge is 0.291 e. The second kappa shape index (κ2) is 7.25. The van der Waals surface area contributed by atoms with Crippen molar-refractivity contribution in [1.29, 1.82) is 0 Å². The molecule has 2 aromatic heterocycles. The van der Waals surface area contributed by atoms with Crippen molar-refractivity contribution in [2.45, 2.75) is 0 Å². The maximum atomic E-state index is 12.7. The number of carbonyl (C=O) groups excluding carboxylic acids is 2. The van der Waals surface area contributed by atoms with E-state index in [1.165, 1.54) is 0 Å².